The molecule has 0 bridgehead atoms. The zero-order chi connectivity index (χ0) is 10.1. The van der Waals surface area contributed by atoms with Gasteiger partial charge >= 0.3 is 5.69 Å². The molecular formula is C8H7N3O2S. The second-order valence-electron chi connectivity index (χ2n) is 2.78. The summed E-state index contributed by atoms with van der Waals surface area (Å²) in [5, 5.41) is 2.46. The van der Waals surface area contributed by atoms with Crippen molar-refractivity contribution in [2.45, 2.75) is 6.92 Å². The molecule has 2 heterocycles. The number of hydrogen-bond donors (Lipinski definition) is 2. The molecule has 0 atom stereocenters. The average Bonchev–Trinajstić information content (AvgIpc) is 2.51. The maximum Gasteiger partial charge on any atom is 0.325 e. The fraction of sp³-hybridized carbons (Fsp3) is 0.125. The number of aromatic amines is 2. The molecule has 0 unspecified atom stereocenters. The number of rotatable bonds is 1. The van der Waals surface area contributed by atoms with E-state index in [0.29, 0.717) is 10.6 Å². The van der Waals surface area contributed by atoms with Crippen LogP contribution < -0.4 is 11.2 Å². The molecule has 0 saturated carbocycles. The molecule has 0 aliphatic heterocycles. The van der Waals surface area contributed by atoms with Gasteiger partial charge in [-0.2, -0.15) is 0 Å². The smallest absolute Gasteiger partial charge is 0.313 e. The van der Waals surface area contributed by atoms with E-state index in [1.54, 1.807) is 0 Å². The summed E-state index contributed by atoms with van der Waals surface area (Å²) in [5.41, 5.74) is 0.327. The molecule has 14 heavy (non-hydrogen) atoms. The van der Waals surface area contributed by atoms with E-state index in [4.69, 9.17) is 0 Å². The largest absolute Gasteiger partial charge is 0.325 e. The summed E-state index contributed by atoms with van der Waals surface area (Å²) in [6, 6.07) is 0. The number of nitrogens with zero attached hydrogens (tertiary/aromatic N) is 1. The van der Waals surface area contributed by atoms with Gasteiger partial charge in [0.15, 0.2) is 0 Å². The van der Waals surface area contributed by atoms with Gasteiger partial charge in [-0.3, -0.25) is 9.78 Å². The highest BCUT2D eigenvalue weighted by atomic mass is 32.1. The third-order valence-corrected chi connectivity index (χ3v) is 2.66. The standard InChI is InChI=1S/C8H7N3O2S/c1-4-3-14-7(10-4)5-2-9-8(13)11-6(5)12/h2-3H,1H3,(H2,9,11,12,13). The quantitative estimate of drug-likeness (QED) is 0.717. The Balaban J connectivity index is 2.63. The van der Waals surface area contributed by atoms with Gasteiger partial charge in [-0.1, -0.05) is 0 Å². The van der Waals surface area contributed by atoms with Crippen LogP contribution in [0.1, 0.15) is 5.69 Å². The van der Waals surface area contributed by atoms with Gasteiger partial charge in [0.1, 0.15) is 5.01 Å². The van der Waals surface area contributed by atoms with Crippen molar-refractivity contribution in [3.63, 3.8) is 0 Å². The van der Waals surface area contributed by atoms with Gasteiger partial charge in [0.05, 0.1) is 5.56 Å². The van der Waals surface area contributed by atoms with Gasteiger partial charge in [-0.15, -0.1) is 11.3 Å². The number of thiazole rings is 1. The van der Waals surface area contributed by atoms with Gasteiger partial charge in [0.2, 0.25) is 0 Å². The summed E-state index contributed by atoms with van der Waals surface area (Å²) >= 11 is 1.37. The Morgan fingerprint density at radius 1 is 1.43 bits per heavy atom. The van der Waals surface area contributed by atoms with Crippen molar-refractivity contribution >= 4 is 11.3 Å². The first-order valence-electron chi connectivity index (χ1n) is 3.91. The van der Waals surface area contributed by atoms with Crippen molar-refractivity contribution < 1.29 is 0 Å². The third-order valence-electron chi connectivity index (χ3n) is 1.67. The minimum Gasteiger partial charge on any atom is -0.313 e. The molecule has 0 radical (unpaired) electrons. The molecule has 2 rings (SSSR count). The minimum absolute atomic E-state index is 0.391. The Morgan fingerprint density at radius 3 is 2.79 bits per heavy atom. The van der Waals surface area contributed by atoms with Crippen molar-refractivity contribution in [3.05, 3.63) is 38.1 Å². The van der Waals surface area contributed by atoms with E-state index in [1.807, 2.05) is 12.3 Å². The summed E-state index contributed by atoms with van der Waals surface area (Å²) in [6.07, 6.45) is 1.37. The van der Waals surface area contributed by atoms with Crippen LogP contribution in [0.25, 0.3) is 10.6 Å². The number of aromatic nitrogens is 3. The van der Waals surface area contributed by atoms with Gasteiger partial charge in [-0.25, -0.2) is 9.78 Å². The van der Waals surface area contributed by atoms with Crippen LogP contribution in [0.3, 0.4) is 0 Å². The predicted molar refractivity (Wildman–Crippen MR) is 53.5 cm³/mol. The zero-order valence-corrected chi connectivity index (χ0v) is 8.14. The molecule has 2 aromatic rings. The third kappa shape index (κ3) is 1.51. The Hall–Kier alpha value is -1.69. The van der Waals surface area contributed by atoms with Gasteiger partial charge in [0, 0.05) is 17.3 Å². The molecule has 5 nitrogen and oxygen atoms in total. The number of hydrogen-bond acceptors (Lipinski definition) is 4. The summed E-state index contributed by atoms with van der Waals surface area (Å²) in [7, 11) is 0. The summed E-state index contributed by atoms with van der Waals surface area (Å²) < 4.78 is 0. The normalized spacial score (nSPS) is 10.4. The number of nitrogens with one attached hydrogen (secondary N) is 2. The monoisotopic (exact) mass is 209 g/mol. The van der Waals surface area contributed by atoms with Crippen LogP contribution in [0.5, 0.6) is 0 Å². The lowest BCUT2D eigenvalue weighted by atomic mass is 10.3. The van der Waals surface area contributed by atoms with Crippen LogP contribution in [-0.2, 0) is 0 Å². The second kappa shape index (κ2) is 3.22. The molecule has 2 N–H and O–H groups in total. The van der Waals surface area contributed by atoms with Crippen molar-refractivity contribution in [2.75, 3.05) is 0 Å². The molecular weight excluding hydrogens is 202 g/mol. The van der Waals surface area contributed by atoms with E-state index >= 15 is 0 Å². The van der Waals surface area contributed by atoms with Crippen LogP contribution in [0.15, 0.2) is 21.2 Å². The summed E-state index contributed by atoms with van der Waals surface area (Å²) in [4.78, 5) is 30.8. The zero-order valence-electron chi connectivity index (χ0n) is 7.33. The molecule has 0 aromatic carbocycles. The molecule has 72 valence electrons. The van der Waals surface area contributed by atoms with Crippen molar-refractivity contribution in [2.24, 2.45) is 0 Å². The van der Waals surface area contributed by atoms with E-state index < -0.39 is 11.2 Å². The minimum atomic E-state index is -0.507. The molecule has 0 fully saturated rings. The number of H-pyrrole nitrogens is 2. The molecule has 6 heteroatoms. The SMILES string of the molecule is Cc1csc(-c2c[nH]c(=O)[nH]c2=O)n1. The molecule has 0 aliphatic rings. The van der Waals surface area contributed by atoms with Crippen molar-refractivity contribution in [3.8, 4) is 10.6 Å². The lowest BCUT2D eigenvalue weighted by molar-refractivity contribution is 1.04. The fourth-order valence-electron chi connectivity index (χ4n) is 1.05. The summed E-state index contributed by atoms with van der Waals surface area (Å²) in [5.74, 6) is 0. The van der Waals surface area contributed by atoms with Gasteiger partial charge in [0.25, 0.3) is 5.56 Å². The van der Waals surface area contributed by atoms with Crippen LogP contribution in [0.2, 0.25) is 0 Å². The molecule has 0 aliphatic carbocycles. The Morgan fingerprint density at radius 2 is 2.21 bits per heavy atom. The van der Waals surface area contributed by atoms with Crippen LogP contribution >= 0.6 is 11.3 Å². The lowest BCUT2D eigenvalue weighted by Crippen LogP contribution is -2.22. The highest BCUT2D eigenvalue weighted by Gasteiger charge is 2.06. The molecule has 0 amide bonds. The van der Waals surface area contributed by atoms with Crippen LogP contribution in [0.4, 0.5) is 0 Å². The van der Waals surface area contributed by atoms with E-state index in [1.165, 1.54) is 17.5 Å². The average molecular weight is 209 g/mol. The summed E-state index contributed by atoms with van der Waals surface area (Å²) in [6.45, 7) is 1.85. The highest BCUT2D eigenvalue weighted by molar-refractivity contribution is 7.13. The topological polar surface area (TPSA) is 78.6 Å². The Labute approximate surface area is 82.5 Å². The first-order valence-corrected chi connectivity index (χ1v) is 4.79. The van der Waals surface area contributed by atoms with Crippen LogP contribution in [0, 0.1) is 6.92 Å². The number of aryl methyl sites for hydroxylation is 1. The van der Waals surface area contributed by atoms with Crippen molar-refractivity contribution in [1.29, 1.82) is 0 Å². The maximum absolute atomic E-state index is 11.3. The van der Waals surface area contributed by atoms with Crippen molar-refractivity contribution in [1.82, 2.24) is 15.0 Å². The fourth-order valence-corrected chi connectivity index (χ4v) is 1.86. The Kier molecular flexibility index (Phi) is 2.05. The first kappa shape index (κ1) is 8.89. The Bertz CT molecular complexity index is 566. The second-order valence-corrected chi connectivity index (χ2v) is 3.64. The molecule has 2 aromatic heterocycles. The highest BCUT2D eigenvalue weighted by Crippen LogP contribution is 2.18. The van der Waals surface area contributed by atoms with E-state index in [-0.39, 0.29) is 0 Å². The molecule has 0 spiro atoms. The van der Waals surface area contributed by atoms with Gasteiger partial charge < -0.3 is 4.98 Å². The van der Waals surface area contributed by atoms with E-state index in [0.717, 1.165) is 5.69 Å². The molecule has 0 saturated heterocycles. The predicted octanol–water partition coefficient (Wildman–Crippen LogP) is 0.495. The maximum atomic E-state index is 11.3. The van der Waals surface area contributed by atoms with Crippen LogP contribution in [-0.4, -0.2) is 15.0 Å². The van der Waals surface area contributed by atoms with E-state index in [2.05, 4.69) is 15.0 Å². The van der Waals surface area contributed by atoms with Gasteiger partial charge in [-0.05, 0) is 6.92 Å². The first-order chi connectivity index (χ1) is 6.66. The van der Waals surface area contributed by atoms with E-state index in [9.17, 15) is 9.59 Å². The lowest BCUT2D eigenvalue weighted by Gasteiger charge is -1.91.